The van der Waals surface area contributed by atoms with E-state index in [4.69, 9.17) is 4.42 Å². The van der Waals surface area contributed by atoms with Gasteiger partial charge < -0.3 is 9.73 Å². The Labute approximate surface area is 69.6 Å². The smallest absolute Gasteiger partial charge is 0.180 e. The Bertz CT molecular complexity index is 206. The van der Waals surface area contributed by atoms with E-state index in [1.54, 1.807) is 6.20 Å². The maximum Gasteiger partial charge on any atom is 0.180 e. The second kappa shape index (κ2) is 3.28. The molecular weight excluding hydrogens is 160 g/mol. The van der Waals surface area contributed by atoms with Crippen molar-refractivity contribution in [3.8, 4) is 0 Å². The van der Waals surface area contributed by atoms with Crippen LogP contribution >= 0.6 is 11.8 Å². The first-order chi connectivity index (χ1) is 5.47. The third-order valence-electron chi connectivity index (χ3n) is 1.72. The van der Waals surface area contributed by atoms with Gasteiger partial charge in [0.15, 0.2) is 6.39 Å². The predicted octanol–water partition coefficient (Wildman–Crippen LogP) is 1.05. The summed E-state index contributed by atoms with van der Waals surface area (Å²) in [7, 11) is 0. The predicted molar refractivity (Wildman–Crippen MR) is 44.6 cm³/mol. The van der Waals surface area contributed by atoms with Crippen LogP contribution in [0.3, 0.4) is 0 Å². The van der Waals surface area contributed by atoms with E-state index in [2.05, 4.69) is 10.3 Å². The molecule has 4 heteroatoms. The normalized spacial score (nSPS) is 25.3. The third-order valence-corrected chi connectivity index (χ3v) is 2.78. The van der Waals surface area contributed by atoms with Crippen molar-refractivity contribution >= 4 is 11.8 Å². The molecule has 1 fully saturated rings. The minimum Gasteiger partial charge on any atom is -0.447 e. The van der Waals surface area contributed by atoms with Gasteiger partial charge in [0.2, 0.25) is 0 Å². The highest BCUT2D eigenvalue weighted by Gasteiger charge is 2.17. The molecule has 60 valence electrons. The van der Waals surface area contributed by atoms with Gasteiger partial charge in [-0.2, -0.15) is 11.8 Å². The van der Waals surface area contributed by atoms with Crippen LogP contribution in [0.25, 0.3) is 0 Å². The summed E-state index contributed by atoms with van der Waals surface area (Å²) in [6, 6.07) is 0.372. The fourth-order valence-corrected chi connectivity index (χ4v) is 2.09. The standard InChI is InChI=1S/C7H10N2OS/c1-2-11-4-6(9-1)7-3-8-5-10-7/h3,5-6,9H,1-2,4H2. The van der Waals surface area contributed by atoms with Crippen LogP contribution in [0.1, 0.15) is 11.8 Å². The number of hydrogen-bond donors (Lipinski definition) is 1. The van der Waals surface area contributed by atoms with Crippen LogP contribution in [0.4, 0.5) is 0 Å². The Balaban J connectivity index is 2.04. The Morgan fingerprint density at radius 3 is 3.36 bits per heavy atom. The van der Waals surface area contributed by atoms with E-state index in [0.717, 1.165) is 18.1 Å². The molecule has 0 radical (unpaired) electrons. The highest BCUT2D eigenvalue weighted by molar-refractivity contribution is 7.99. The monoisotopic (exact) mass is 170 g/mol. The number of oxazole rings is 1. The molecule has 1 aliphatic heterocycles. The molecule has 2 heterocycles. The second-order valence-electron chi connectivity index (χ2n) is 2.49. The molecule has 0 aliphatic carbocycles. The lowest BCUT2D eigenvalue weighted by molar-refractivity contribution is 0.435. The third kappa shape index (κ3) is 1.57. The van der Waals surface area contributed by atoms with E-state index in [0.29, 0.717) is 6.04 Å². The SMILES string of the molecule is c1ncc(C2CSCCN2)o1. The van der Waals surface area contributed by atoms with Crippen molar-refractivity contribution in [1.29, 1.82) is 0 Å². The Morgan fingerprint density at radius 1 is 1.73 bits per heavy atom. The summed E-state index contributed by atoms with van der Waals surface area (Å²) < 4.78 is 5.19. The van der Waals surface area contributed by atoms with Crippen molar-refractivity contribution < 1.29 is 4.42 Å². The summed E-state index contributed by atoms with van der Waals surface area (Å²) >= 11 is 1.95. The topological polar surface area (TPSA) is 38.1 Å². The van der Waals surface area contributed by atoms with Crippen LogP contribution in [0.5, 0.6) is 0 Å². The fourth-order valence-electron chi connectivity index (χ4n) is 1.15. The average Bonchev–Trinajstić information content (AvgIpc) is 2.58. The van der Waals surface area contributed by atoms with Crippen molar-refractivity contribution in [2.24, 2.45) is 0 Å². The van der Waals surface area contributed by atoms with Crippen LogP contribution in [0.15, 0.2) is 17.0 Å². The molecule has 1 unspecified atom stereocenters. The van der Waals surface area contributed by atoms with Crippen LogP contribution < -0.4 is 5.32 Å². The van der Waals surface area contributed by atoms with Gasteiger partial charge in [-0.1, -0.05) is 0 Å². The quantitative estimate of drug-likeness (QED) is 0.683. The van der Waals surface area contributed by atoms with Gasteiger partial charge >= 0.3 is 0 Å². The number of aromatic nitrogens is 1. The van der Waals surface area contributed by atoms with E-state index in [1.807, 2.05) is 11.8 Å². The molecule has 0 bridgehead atoms. The van der Waals surface area contributed by atoms with E-state index in [-0.39, 0.29) is 0 Å². The summed E-state index contributed by atoms with van der Waals surface area (Å²) in [6.45, 7) is 1.07. The van der Waals surface area contributed by atoms with Crippen molar-refractivity contribution in [1.82, 2.24) is 10.3 Å². The summed E-state index contributed by atoms with van der Waals surface area (Å²) in [6.07, 6.45) is 3.26. The number of nitrogens with zero attached hydrogens (tertiary/aromatic N) is 1. The number of nitrogens with one attached hydrogen (secondary N) is 1. The van der Waals surface area contributed by atoms with Crippen LogP contribution in [0, 0.1) is 0 Å². The van der Waals surface area contributed by atoms with Gasteiger partial charge in [0, 0.05) is 18.1 Å². The lowest BCUT2D eigenvalue weighted by Crippen LogP contribution is -2.29. The highest BCUT2D eigenvalue weighted by atomic mass is 32.2. The maximum atomic E-state index is 5.19. The number of hydrogen-bond acceptors (Lipinski definition) is 4. The molecule has 2 rings (SSSR count). The first-order valence-corrected chi connectivity index (χ1v) is 4.82. The van der Waals surface area contributed by atoms with Gasteiger partial charge in [-0.3, -0.25) is 0 Å². The van der Waals surface area contributed by atoms with Crippen LogP contribution in [-0.4, -0.2) is 23.0 Å². The first-order valence-electron chi connectivity index (χ1n) is 3.66. The molecular formula is C7H10N2OS. The zero-order valence-corrected chi connectivity index (χ0v) is 6.93. The van der Waals surface area contributed by atoms with Crippen LogP contribution in [0.2, 0.25) is 0 Å². The largest absolute Gasteiger partial charge is 0.447 e. The zero-order chi connectivity index (χ0) is 7.52. The van der Waals surface area contributed by atoms with Crippen LogP contribution in [-0.2, 0) is 0 Å². The molecule has 1 atom stereocenters. The Kier molecular flexibility index (Phi) is 2.14. The molecule has 1 saturated heterocycles. The highest BCUT2D eigenvalue weighted by Crippen LogP contribution is 2.20. The van der Waals surface area contributed by atoms with E-state index >= 15 is 0 Å². The molecule has 1 N–H and O–H groups in total. The molecule has 0 aromatic carbocycles. The zero-order valence-electron chi connectivity index (χ0n) is 6.12. The minimum absolute atomic E-state index is 0.372. The Morgan fingerprint density at radius 2 is 2.73 bits per heavy atom. The van der Waals surface area contributed by atoms with Crippen molar-refractivity contribution in [3.63, 3.8) is 0 Å². The molecule has 1 aromatic rings. The molecule has 0 spiro atoms. The number of rotatable bonds is 1. The van der Waals surface area contributed by atoms with Crippen molar-refractivity contribution in [3.05, 3.63) is 18.4 Å². The molecule has 0 saturated carbocycles. The van der Waals surface area contributed by atoms with E-state index in [1.165, 1.54) is 12.1 Å². The summed E-state index contributed by atoms with van der Waals surface area (Å²) in [5.74, 6) is 3.25. The van der Waals surface area contributed by atoms with Gasteiger partial charge in [-0.25, -0.2) is 4.98 Å². The average molecular weight is 170 g/mol. The summed E-state index contributed by atoms with van der Waals surface area (Å²) in [5.41, 5.74) is 0. The molecule has 3 nitrogen and oxygen atoms in total. The van der Waals surface area contributed by atoms with Gasteiger partial charge in [-0.15, -0.1) is 0 Å². The molecule has 0 amide bonds. The molecule has 11 heavy (non-hydrogen) atoms. The molecule has 1 aliphatic rings. The minimum atomic E-state index is 0.372. The summed E-state index contributed by atoms with van der Waals surface area (Å²) in [4.78, 5) is 3.88. The maximum absolute atomic E-state index is 5.19. The fraction of sp³-hybridized carbons (Fsp3) is 0.571. The Hall–Kier alpha value is -0.480. The van der Waals surface area contributed by atoms with Gasteiger partial charge in [-0.05, 0) is 0 Å². The number of thioether (sulfide) groups is 1. The summed E-state index contributed by atoms with van der Waals surface area (Å²) in [5, 5.41) is 3.37. The van der Waals surface area contributed by atoms with Gasteiger partial charge in [0.1, 0.15) is 5.76 Å². The van der Waals surface area contributed by atoms with Gasteiger partial charge in [0.25, 0.3) is 0 Å². The van der Waals surface area contributed by atoms with Gasteiger partial charge in [0.05, 0.1) is 12.2 Å². The molecule has 1 aromatic heterocycles. The lowest BCUT2D eigenvalue weighted by atomic mass is 10.3. The first kappa shape index (κ1) is 7.18. The van der Waals surface area contributed by atoms with Crippen molar-refractivity contribution in [2.45, 2.75) is 6.04 Å². The van der Waals surface area contributed by atoms with E-state index in [9.17, 15) is 0 Å². The lowest BCUT2D eigenvalue weighted by Gasteiger charge is -2.20. The second-order valence-corrected chi connectivity index (χ2v) is 3.64. The van der Waals surface area contributed by atoms with E-state index < -0.39 is 0 Å². The van der Waals surface area contributed by atoms with Crippen molar-refractivity contribution in [2.75, 3.05) is 18.1 Å².